The van der Waals surface area contributed by atoms with Gasteiger partial charge < -0.3 is 10.3 Å². The second-order valence-electron chi connectivity index (χ2n) is 5.62. The molecule has 2 unspecified atom stereocenters. The van der Waals surface area contributed by atoms with Gasteiger partial charge in [-0.2, -0.15) is 0 Å². The quantitative estimate of drug-likeness (QED) is 0.922. The van der Waals surface area contributed by atoms with Crippen LogP contribution in [-0.4, -0.2) is 29.6 Å². The third-order valence-electron chi connectivity index (χ3n) is 4.31. The van der Waals surface area contributed by atoms with Crippen molar-refractivity contribution in [2.45, 2.75) is 12.5 Å². The van der Waals surface area contributed by atoms with Crippen molar-refractivity contribution in [2.24, 2.45) is 18.7 Å². The zero-order chi connectivity index (χ0) is 13.6. The third-order valence-corrected chi connectivity index (χ3v) is 4.94. The summed E-state index contributed by atoms with van der Waals surface area (Å²) in [6.45, 7) is 1.89. The van der Waals surface area contributed by atoms with E-state index in [0.29, 0.717) is 12.0 Å². The second-order valence-corrected chi connectivity index (χ2v) is 6.48. The van der Waals surface area contributed by atoms with E-state index >= 15 is 0 Å². The molecule has 0 bridgehead atoms. The highest BCUT2D eigenvalue weighted by Gasteiger charge is 2.31. The summed E-state index contributed by atoms with van der Waals surface area (Å²) in [7, 11) is 4.32. The van der Waals surface area contributed by atoms with Crippen LogP contribution < -0.4 is 5.73 Å². The van der Waals surface area contributed by atoms with E-state index in [0.717, 1.165) is 19.5 Å². The molecule has 1 saturated heterocycles. The molecule has 3 rings (SSSR count). The van der Waals surface area contributed by atoms with Crippen molar-refractivity contribution in [2.75, 3.05) is 20.1 Å². The Balaban J connectivity index is 2.10. The van der Waals surface area contributed by atoms with E-state index in [2.05, 4.69) is 63.9 Å². The van der Waals surface area contributed by atoms with E-state index in [1.165, 1.54) is 20.9 Å². The lowest BCUT2D eigenvalue weighted by molar-refractivity contribution is 0.315. The zero-order valence-corrected chi connectivity index (χ0v) is 13.0. The largest absolute Gasteiger partial charge is 0.349 e. The van der Waals surface area contributed by atoms with Crippen molar-refractivity contribution < 1.29 is 0 Å². The summed E-state index contributed by atoms with van der Waals surface area (Å²) in [6.07, 6.45) is 3.30. The number of aryl methyl sites for hydroxylation is 1. The van der Waals surface area contributed by atoms with Gasteiger partial charge in [0, 0.05) is 35.7 Å². The number of rotatable bonds is 2. The zero-order valence-electron chi connectivity index (χ0n) is 11.4. The van der Waals surface area contributed by atoms with Crippen LogP contribution in [0.5, 0.6) is 0 Å². The maximum atomic E-state index is 5.84. The molecule has 1 aliphatic heterocycles. The van der Waals surface area contributed by atoms with Crippen molar-refractivity contribution in [3.63, 3.8) is 0 Å². The van der Waals surface area contributed by atoms with Gasteiger partial charge in [0.15, 0.2) is 0 Å². The summed E-state index contributed by atoms with van der Waals surface area (Å²) in [4.78, 5) is 2.44. The van der Waals surface area contributed by atoms with Gasteiger partial charge in [-0.05, 0) is 47.4 Å². The molecular weight excluding hydrogens is 302 g/mol. The standard InChI is InChI=1S/C15H20BrN3/c1-18-8-10(7-17)6-14(18)12-5-3-4-11-13(16)9-19(2)15(11)12/h3-5,9-10,14H,6-8,17H2,1-2H3. The molecule has 2 atom stereocenters. The summed E-state index contributed by atoms with van der Waals surface area (Å²) < 4.78 is 3.39. The highest BCUT2D eigenvalue weighted by Crippen LogP contribution is 2.38. The Bertz CT molecular complexity index is 605. The number of likely N-dealkylation sites (tertiary alicyclic amines) is 1. The molecule has 4 heteroatoms. The number of hydrogen-bond acceptors (Lipinski definition) is 2. The van der Waals surface area contributed by atoms with Crippen LogP contribution in [0.1, 0.15) is 18.0 Å². The van der Waals surface area contributed by atoms with Gasteiger partial charge >= 0.3 is 0 Å². The normalized spacial score (nSPS) is 24.4. The van der Waals surface area contributed by atoms with Gasteiger partial charge in [-0.15, -0.1) is 0 Å². The molecule has 2 N–H and O–H groups in total. The molecule has 1 fully saturated rings. The number of para-hydroxylation sites is 1. The third kappa shape index (κ3) is 2.12. The molecule has 2 aromatic rings. The topological polar surface area (TPSA) is 34.2 Å². The lowest BCUT2D eigenvalue weighted by atomic mass is 9.98. The fraction of sp³-hybridized carbons (Fsp3) is 0.467. The van der Waals surface area contributed by atoms with Crippen molar-refractivity contribution >= 4 is 26.8 Å². The second kappa shape index (κ2) is 4.93. The Morgan fingerprint density at radius 2 is 2.16 bits per heavy atom. The maximum absolute atomic E-state index is 5.84. The summed E-state index contributed by atoms with van der Waals surface area (Å²) in [5.41, 5.74) is 8.60. The lowest BCUT2D eigenvalue weighted by Crippen LogP contribution is -2.20. The van der Waals surface area contributed by atoms with Crippen molar-refractivity contribution in [3.05, 3.63) is 34.4 Å². The fourth-order valence-electron chi connectivity index (χ4n) is 3.36. The Morgan fingerprint density at radius 3 is 2.84 bits per heavy atom. The summed E-state index contributed by atoms with van der Waals surface area (Å²) >= 11 is 3.65. The van der Waals surface area contributed by atoms with E-state index in [1.54, 1.807) is 0 Å². The Hall–Kier alpha value is -0.840. The van der Waals surface area contributed by atoms with E-state index in [1.807, 2.05) is 0 Å². The van der Waals surface area contributed by atoms with Gasteiger partial charge in [0.1, 0.15) is 0 Å². The molecule has 0 aliphatic carbocycles. The SMILES string of the molecule is CN1CC(CN)CC1c1cccc2c(Br)cn(C)c12. The highest BCUT2D eigenvalue weighted by atomic mass is 79.9. The van der Waals surface area contributed by atoms with Gasteiger partial charge in [0.25, 0.3) is 0 Å². The van der Waals surface area contributed by atoms with Gasteiger partial charge in [-0.25, -0.2) is 0 Å². The van der Waals surface area contributed by atoms with E-state index in [4.69, 9.17) is 5.73 Å². The molecule has 1 aromatic carbocycles. The Kier molecular flexibility index (Phi) is 3.41. The van der Waals surface area contributed by atoms with Crippen molar-refractivity contribution in [1.29, 1.82) is 0 Å². The average Bonchev–Trinajstić information content (AvgIpc) is 2.91. The van der Waals surface area contributed by atoms with Gasteiger partial charge in [-0.3, -0.25) is 4.90 Å². The molecule has 102 valence electrons. The van der Waals surface area contributed by atoms with Gasteiger partial charge in [-0.1, -0.05) is 18.2 Å². The molecule has 0 saturated carbocycles. The molecular formula is C15H20BrN3. The molecule has 3 nitrogen and oxygen atoms in total. The van der Waals surface area contributed by atoms with Crippen molar-refractivity contribution in [1.82, 2.24) is 9.47 Å². The smallest absolute Gasteiger partial charge is 0.0538 e. The first kappa shape index (κ1) is 13.2. The Morgan fingerprint density at radius 1 is 1.37 bits per heavy atom. The summed E-state index contributed by atoms with van der Waals surface area (Å²) in [5.74, 6) is 0.619. The lowest BCUT2D eigenvalue weighted by Gasteiger charge is -2.21. The number of halogens is 1. The van der Waals surface area contributed by atoms with Crippen LogP contribution in [0.15, 0.2) is 28.9 Å². The molecule has 0 spiro atoms. The number of nitrogens with two attached hydrogens (primary N) is 1. The first-order valence-electron chi connectivity index (χ1n) is 6.75. The van der Waals surface area contributed by atoms with Crippen LogP contribution in [0.2, 0.25) is 0 Å². The number of hydrogen-bond donors (Lipinski definition) is 1. The van der Waals surface area contributed by atoms with Crippen LogP contribution in [-0.2, 0) is 7.05 Å². The van der Waals surface area contributed by atoms with E-state index < -0.39 is 0 Å². The van der Waals surface area contributed by atoms with Crippen LogP contribution in [0.4, 0.5) is 0 Å². The number of fused-ring (bicyclic) bond motifs is 1. The van der Waals surface area contributed by atoms with Gasteiger partial charge in [0.05, 0.1) is 5.52 Å². The predicted molar refractivity (Wildman–Crippen MR) is 83.2 cm³/mol. The predicted octanol–water partition coefficient (Wildman–Crippen LogP) is 2.89. The Labute approximate surface area is 122 Å². The molecule has 2 heterocycles. The van der Waals surface area contributed by atoms with Crippen LogP contribution in [0, 0.1) is 5.92 Å². The minimum absolute atomic E-state index is 0.484. The van der Waals surface area contributed by atoms with Crippen LogP contribution in [0.3, 0.4) is 0 Å². The minimum atomic E-state index is 0.484. The van der Waals surface area contributed by atoms with Gasteiger partial charge in [0.2, 0.25) is 0 Å². The average molecular weight is 322 g/mol. The summed E-state index contributed by atoms with van der Waals surface area (Å²) in [5, 5.41) is 1.30. The molecule has 1 aliphatic rings. The molecule has 19 heavy (non-hydrogen) atoms. The van der Waals surface area contributed by atoms with Crippen LogP contribution >= 0.6 is 15.9 Å². The molecule has 1 aromatic heterocycles. The van der Waals surface area contributed by atoms with E-state index in [9.17, 15) is 0 Å². The minimum Gasteiger partial charge on any atom is -0.349 e. The molecule has 0 radical (unpaired) electrons. The molecule has 0 amide bonds. The van der Waals surface area contributed by atoms with Crippen LogP contribution in [0.25, 0.3) is 10.9 Å². The maximum Gasteiger partial charge on any atom is 0.0538 e. The first-order valence-corrected chi connectivity index (χ1v) is 7.55. The monoisotopic (exact) mass is 321 g/mol. The van der Waals surface area contributed by atoms with E-state index in [-0.39, 0.29) is 0 Å². The number of aromatic nitrogens is 1. The number of benzene rings is 1. The fourth-order valence-corrected chi connectivity index (χ4v) is 3.99. The van der Waals surface area contributed by atoms with Crippen molar-refractivity contribution in [3.8, 4) is 0 Å². The number of nitrogens with zero attached hydrogens (tertiary/aromatic N) is 2. The summed E-state index contributed by atoms with van der Waals surface area (Å²) in [6, 6.07) is 7.08. The highest BCUT2D eigenvalue weighted by molar-refractivity contribution is 9.10. The first-order chi connectivity index (χ1) is 9.11.